The van der Waals surface area contributed by atoms with Crippen LogP contribution in [-0.2, 0) is 9.53 Å². The first kappa shape index (κ1) is 28.6. The van der Waals surface area contributed by atoms with E-state index in [4.69, 9.17) is 14.6 Å². The Labute approximate surface area is 235 Å². The molecule has 1 aromatic carbocycles. The molecule has 2 aromatic heterocycles. The fourth-order valence-corrected chi connectivity index (χ4v) is 5.67. The predicted molar refractivity (Wildman–Crippen MR) is 157 cm³/mol. The Bertz CT molecular complexity index is 1320. The third-order valence-corrected chi connectivity index (χ3v) is 8.23. The topological polar surface area (TPSA) is 73.7 Å². The molecule has 3 aromatic rings. The summed E-state index contributed by atoms with van der Waals surface area (Å²) in [4.78, 5) is 29.4. The van der Waals surface area contributed by atoms with Crippen LogP contribution in [0.1, 0.15) is 80.6 Å². The molecule has 0 aliphatic heterocycles. The van der Waals surface area contributed by atoms with Crippen molar-refractivity contribution in [2.45, 2.75) is 72.8 Å². The normalized spacial score (nSPS) is 17.2. The second-order valence-electron chi connectivity index (χ2n) is 10.6. The van der Waals surface area contributed by atoms with Crippen molar-refractivity contribution in [3.05, 3.63) is 65.2 Å². The molecule has 0 atom stereocenters. The molecule has 0 saturated heterocycles. The standard InChI is InChI=1S/C31H39N3O4S/c1-7-18-37-31(36)25-19-33(28-17-16-27(39-28)23(6)38-26-11-9-8-10-22(26)5)32-29(25)34(20(2)3)30(35)24-14-12-21(4)13-15-24/h8-11,16-17,19-21,24H,6-7,12-15,18H2,1-5H3. The molecular formula is C31H39N3O4S. The lowest BCUT2D eigenvalue weighted by Crippen LogP contribution is -2.43. The fraction of sp³-hybridized carbons (Fsp3) is 0.452. The van der Waals surface area contributed by atoms with Gasteiger partial charge in [0.25, 0.3) is 0 Å². The molecule has 4 rings (SSSR count). The number of para-hydroxylation sites is 1. The highest BCUT2D eigenvalue weighted by atomic mass is 32.1. The van der Waals surface area contributed by atoms with Crippen molar-refractivity contribution in [1.82, 2.24) is 9.78 Å². The van der Waals surface area contributed by atoms with E-state index in [0.717, 1.165) is 46.9 Å². The SMILES string of the molecule is C=C(Oc1ccccc1C)c1ccc(-n2cc(C(=O)OCCC)c(N(C(=O)C3CCC(C)CC3)C(C)C)n2)s1. The first-order chi connectivity index (χ1) is 18.7. The lowest BCUT2D eigenvalue weighted by Gasteiger charge is -2.32. The van der Waals surface area contributed by atoms with E-state index in [9.17, 15) is 9.59 Å². The van der Waals surface area contributed by atoms with Gasteiger partial charge in [0.15, 0.2) is 5.82 Å². The summed E-state index contributed by atoms with van der Waals surface area (Å²) in [5, 5.41) is 5.57. The number of hydrogen-bond acceptors (Lipinski definition) is 6. The van der Waals surface area contributed by atoms with Crippen LogP contribution in [0.15, 0.2) is 49.2 Å². The number of ether oxygens (including phenoxy) is 2. The molecule has 8 heteroatoms. The van der Waals surface area contributed by atoms with E-state index in [1.807, 2.05) is 64.1 Å². The van der Waals surface area contributed by atoms with E-state index in [-0.39, 0.29) is 17.9 Å². The molecule has 0 unspecified atom stereocenters. The van der Waals surface area contributed by atoms with Gasteiger partial charge in [0.05, 0.1) is 11.5 Å². The number of hydrogen-bond donors (Lipinski definition) is 0. The van der Waals surface area contributed by atoms with Crippen molar-refractivity contribution in [3.8, 4) is 10.8 Å². The highest BCUT2D eigenvalue weighted by Gasteiger charge is 2.34. The Balaban J connectivity index is 1.65. The quantitative estimate of drug-likeness (QED) is 0.194. The van der Waals surface area contributed by atoms with Gasteiger partial charge in [0, 0.05) is 18.2 Å². The summed E-state index contributed by atoms with van der Waals surface area (Å²) in [5.74, 6) is 1.75. The molecule has 0 spiro atoms. The van der Waals surface area contributed by atoms with Crippen LogP contribution in [0.2, 0.25) is 0 Å². The minimum atomic E-state index is -0.474. The first-order valence-electron chi connectivity index (χ1n) is 13.8. The number of amides is 1. The molecule has 0 N–H and O–H groups in total. The number of benzene rings is 1. The molecule has 0 bridgehead atoms. The summed E-state index contributed by atoms with van der Waals surface area (Å²) in [6.45, 7) is 14.5. The Kier molecular flexibility index (Phi) is 9.28. The van der Waals surface area contributed by atoms with Crippen LogP contribution >= 0.6 is 11.3 Å². The summed E-state index contributed by atoms with van der Waals surface area (Å²) < 4.78 is 13.2. The van der Waals surface area contributed by atoms with Gasteiger partial charge in [0.1, 0.15) is 22.1 Å². The van der Waals surface area contributed by atoms with Crippen LogP contribution in [0, 0.1) is 18.8 Å². The van der Waals surface area contributed by atoms with Crippen LogP contribution in [0.5, 0.6) is 5.75 Å². The van der Waals surface area contributed by atoms with Crippen molar-refractivity contribution in [1.29, 1.82) is 0 Å². The van der Waals surface area contributed by atoms with Crippen LogP contribution < -0.4 is 9.64 Å². The number of esters is 1. The monoisotopic (exact) mass is 549 g/mol. The predicted octanol–water partition coefficient (Wildman–Crippen LogP) is 7.43. The number of nitrogens with zero attached hydrogens (tertiary/aromatic N) is 3. The zero-order chi connectivity index (χ0) is 28.1. The third kappa shape index (κ3) is 6.61. The molecule has 7 nitrogen and oxygen atoms in total. The molecule has 39 heavy (non-hydrogen) atoms. The summed E-state index contributed by atoms with van der Waals surface area (Å²) in [6.07, 6.45) is 6.16. The number of thiophene rings is 1. The van der Waals surface area contributed by atoms with E-state index in [1.165, 1.54) is 11.3 Å². The largest absolute Gasteiger partial charge is 0.462 e. The molecule has 208 valence electrons. The summed E-state index contributed by atoms with van der Waals surface area (Å²) in [5.41, 5.74) is 1.31. The second-order valence-corrected chi connectivity index (χ2v) is 11.7. The summed E-state index contributed by atoms with van der Waals surface area (Å²) in [7, 11) is 0. The van der Waals surface area contributed by atoms with E-state index >= 15 is 0 Å². The second kappa shape index (κ2) is 12.6. The van der Waals surface area contributed by atoms with Gasteiger partial charge < -0.3 is 9.47 Å². The van der Waals surface area contributed by atoms with Gasteiger partial charge in [-0.05, 0) is 82.6 Å². The highest BCUT2D eigenvalue weighted by molar-refractivity contribution is 7.15. The molecule has 2 heterocycles. The van der Waals surface area contributed by atoms with Crippen LogP contribution in [0.3, 0.4) is 0 Å². The Morgan fingerprint density at radius 3 is 2.54 bits per heavy atom. The maximum absolute atomic E-state index is 13.8. The summed E-state index contributed by atoms with van der Waals surface area (Å²) in [6, 6.07) is 11.5. The smallest absolute Gasteiger partial charge is 0.343 e. The van der Waals surface area contributed by atoms with Gasteiger partial charge in [-0.2, -0.15) is 0 Å². The fourth-order valence-electron chi connectivity index (χ4n) is 4.83. The first-order valence-corrected chi connectivity index (χ1v) is 14.6. The molecule has 1 aliphatic carbocycles. The number of rotatable bonds is 10. The van der Waals surface area contributed by atoms with Gasteiger partial charge in [-0.15, -0.1) is 16.4 Å². The van der Waals surface area contributed by atoms with Crippen LogP contribution in [0.4, 0.5) is 5.82 Å². The van der Waals surface area contributed by atoms with Gasteiger partial charge in [0.2, 0.25) is 5.91 Å². The number of carbonyl (C=O) groups excluding carboxylic acids is 2. The van der Waals surface area contributed by atoms with Crippen LogP contribution in [0.25, 0.3) is 10.8 Å². The minimum Gasteiger partial charge on any atom is -0.462 e. The Hall–Kier alpha value is -3.39. The number of anilines is 1. The Morgan fingerprint density at radius 1 is 1.15 bits per heavy atom. The lowest BCUT2D eigenvalue weighted by molar-refractivity contribution is -0.124. The third-order valence-electron chi connectivity index (χ3n) is 7.12. The van der Waals surface area contributed by atoms with Crippen molar-refractivity contribution in [3.63, 3.8) is 0 Å². The molecule has 1 aliphatic rings. The number of aromatic nitrogens is 2. The van der Waals surface area contributed by atoms with Gasteiger partial charge in [-0.1, -0.05) is 38.6 Å². The van der Waals surface area contributed by atoms with Crippen molar-refractivity contribution >= 4 is 34.8 Å². The van der Waals surface area contributed by atoms with Gasteiger partial charge in [-0.25, -0.2) is 9.48 Å². The van der Waals surface area contributed by atoms with E-state index in [1.54, 1.807) is 15.8 Å². The average molecular weight is 550 g/mol. The van der Waals surface area contributed by atoms with E-state index in [0.29, 0.717) is 36.1 Å². The zero-order valence-corrected chi connectivity index (χ0v) is 24.4. The van der Waals surface area contributed by atoms with Crippen LogP contribution in [-0.4, -0.2) is 34.3 Å². The van der Waals surface area contributed by atoms with Crippen molar-refractivity contribution in [2.75, 3.05) is 11.5 Å². The number of carbonyl (C=O) groups is 2. The highest BCUT2D eigenvalue weighted by Crippen LogP contribution is 2.34. The molecular weight excluding hydrogens is 510 g/mol. The van der Waals surface area contributed by atoms with Crippen molar-refractivity contribution < 1.29 is 19.1 Å². The zero-order valence-electron chi connectivity index (χ0n) is 23.6. The summed E-state index contributed by atoms with van der Waals surface area (Å²) >= 11 is 1.45. The lowest BCUT2D eigenvalue weighted by atomic mass is 9.82. The minimum absolute atomic E-state index is 0.0265. The Morgan fingerprint density at radius 2 is 1.87 bits per heavy atom. The maximum Gasteiger partial charge on any atom is 0.343 e. The van der Waals surface area contributed by atoms with E-state index < -0.39 is 5.97 Å². The number of aryl methyl sites for hydroxylation is 1. The van der Waals surface area contributed by atoms with E-state index in [2.05, 4.69) is 13.5 Å². The molecule has 0 radical (unpaired) electrons. The molecule has 1 saturated carbocycles. The maximum atomic E-state index is 13.8. The molecule has 1 fully saturated rings. The van der Waals surface area contributed by atoms with Gasteiger partial charge >= 0.3 is 5.97 Å². The van der Waals surface area contributed by atoms with Crippen molar-refractivity contribution in [2.24, 2.45) is 11.8 Å². The molecule has 1 amide bonds. The van der Waals surface area contributed by atoms with Gasteiger partial charge in [-0.3, -0.25) is 9.69 Å². The average Bonchev–Trinajstić information content (AvgIpc) is 3.57.